The largest absolute Gasteiger partial charge is 0.480 e. The second-order valence-corrected chi connectivity index (χ2v) is 4.43. The van der Waals surface area contributed by atoms with Crippen LogP contribution in [0.4, 0.5) is 0 Å². The van der Waals surface area contributed by atoms with Crippen LogP contribution in [0.3, 0.4) is 0 Å². The second-order valence-electron chi connectivity index (χ2n) is 3.40. The highest BCUT2D eigenvalue weighted by Gasteiger charge is 2.23. The summed E-state index contributed by atoms with van der Waals surface area (Å²) in [6.07, 6.45) is 0.296. The van der Waals surface area contributed by atoms with Crippen LogP contribution in [-0.2, 0) is 16.0 Å². The topological polar surface area (TPSA) is 86.6 Å². The molecule has 2 atom stereocenters. The summed E-state index contributed by atoms with van der Waals surface area (Å²) in [6.45, 7) is 1.42. The Morgan fingerprint density at radius 2 is 2.12 bits per heavy atom. The average Bonchev–Trinajstić information content (AvgIpc) is 2.68. The maximum Gasteiger partial charge on any atom is 0.321 e. The minimum absolute atomic E-state index is 0.296. The minimum Gasteiger partial charge on any atom is -0.480 e. The van der Waals surface area contributed by atoms with Crippen molar-refractivity contribution in [3.63, 3.8) is 0 Å². The molecule has 3 N–H and O–H groups in total. The summed E-state index contributed by atoms with van der Waals surface area (Å²) in [5.41, 5.74) is 0. The fraction of sp³-hybridized carbons (Fsp3) is 0.400. The van der Waals surface area contributed by atoms with Gasteiger partial charge < -0.3 is 10.2 Å². The molecule has 1 aromatic rings. The van der Waals surface area contributed by atoms with Gasteiger partial charge in [-0.1, -0.05) is 6.07 Å². The zero-order valence-corrected chi connectivity index (χ0v) is 9.53. The lowest BCUT2D eigenvalue weighted by atomic mass is 10.1. The summed E-state index contributed by atoms with van der Waals surface area (Å²) in [5.74, 6) is -2.10. The first-order chi connectivity index (χ1) is 7.50. The third-order valence-electron chi connectivity index (χ3n) is 2.11. The van der Waals surface area contributed by atoms with Gasteiger partial charge in [0.25, 0.3) is 0 Å². The SMILES string of the molecule is CC(NC(Cc1cccs1)C(=O)O)C(=O)O. The third kappa shape index (κ3) is 3.63. The molecule has 88 valence electrons. The fourth-order valence-corrected chi connectivity index (χ4v) is 1.97. The molecule has 0 amide bonds. The van der Waals surface area contributed by atoms with Gasteiger partial charge in [-0.2, -0.15) is 0 Å². The Bertz CT molecular complexity index is 363. The standard InChI is InChI=1S/C10H13NO4S/c1-6(9(12)13)11-8(10(14)15)5-7-3-2-4-16-7/h2-4,6,8,11H,5H2,1H3,(H,12,13)(H,14,15). The zero-order chi connectivity index (χ0) is 12.1. The number of hydrogen-bond acceptors (Lipinski definition) is 4. The van der Waals surface area contributed by atoms with Crippen molar-refractivity contribution in [1.29, 1.82) is 0 Å². The molecule has 0 aliphatic heterocycles. The van der Waals surface area contributed by atoms with E-state index in [-0.39, 0.29) is 0 Å². The third-order valence-corrected chi connectivity index (χ3v) is 3.00. The summed E-state index contributed by atoms with van der Waals surface area (Å²) in [5, 5.41) is 22.1. The molecule has 2 unspecified atom stereocenters. The number of rotatable bonds is 6. The summed E-state index contributed by atoms with van der Waals surface area (Å²) in [7, 11) is 0. The first-order valence-corrected chi connectivity index (χ1v) is 5.62. The van der Waals surface area contributed by atoms with Gasteiger partial charge in [-0.3, -0.25) is 14.9 Å². The van der Waals surface area contributed by atoms with Crippen molar-refractivity contribution in [2.75, 3.05) is 0 Å². The first kappa shape index (κ1) is 12.7. The van der Waals surface area contributed by atoms with Crippen molar-refractivity contribution >= 4 is 23.3 Å². The lowest BCUT2D eigenvalue weighted by molar-refractivity contribution is -0.142. The van der Waals surface area contributed by atoms with E-state index >= 15 is 0 Å². The van der Waals surface area contributed by atoms with Crippen LogP contribution in [0.2, 0.25) is 0 Å². The highest BCUT2D eigenvalue weighted by Crippen LogP contribution is 2.11. The maximum atomic E-state index is 10.9. The molecule has 0 aliphatic carbocycles. The van der Waals surface area contributed by atoms with Crippen LogP contribution in [0.1, 0.15) is 11.8 Å². The number of hydrogen-bond donors (Lipinski definition) is 3. The van der Waals surface area contributed by atoms with E-state index in [2.05, 4.69) is 5.32 Å². The van der Waals surface area contributed by atoms with Crippen molar-refractivity contribution in [3.8, 4) is 0 Å². The molecule has 0 aliphatic rings. The van der Waals surface area contributed by atoms with Gasteiger partial charge in [0.05, 0.1) is 0 Å². The zero-order valence-electron chi connectivity index (χ0n) is 8.71. The molecule has 6 heteroatoms. The van der Waals surface area contributed by atoms with Crippen LogP contribution < -0.4 is 5.32 Å². The number of carboxylic acids is 2. The molecule has 0 fully saturated rings. The highest BCUT2D eigenvalue weighted by molar-refractivity contribution is 7.09. The molecule has 0 aromatic carbocycles. The normalized spacial score (nSPS) is 14.3. The Kier molecular flexibility index (Phi) is 4.45. The Morgan fingerprint density at radius 1 is 1.44 bits per heavy atom. The van der Waals surface area contributed by atoms with Crippen LogP contribution in [-0.4, -0.2) is 34.2 Å². The molecule has 0 bridgehead atoms. The maximum absolute atomic E-state index is 10.9. The number of carbonyl (C=O) groups is 2. The van der Waals surface area contributed by atoms with Crippen molar-refractivity contribution in [3.05, 3.63) is 22.4 Å². The molecule has 1 rings (SSSR count). The van der Waals surface area contributed by atoms with E-state index < -0.39 is 24.0 Å². The molecule has 16 heavy (non-hydrogen) atoms. The molecule has 1 aromatic heterocycles. The molecule has 0 radical (unpaired) electrons. The first-order valence-electron chi connectivity index (χ1n) is 4.74. The monoisotopic (exact) mass is 243 g/mol. The second kappa shape index (κ2) is 5.62. The van der Waals surface area contributed by atoms with Crippen molar-refractivity contribution in [1.82, 2.24) is 5.32 Å². The molecule has 1 heterocycles. The van der Waals surface area contributed by atoms with Gasteiger partial charge in [0.2, 0.25) is 0 Å². The van der Waals surface area contributed by atoms with Gasteiger partial charge in [-0.15, -0.1) is 11.3 Å². The van der Waals surface area contributed by atoms with Gasteiger partial charge in [-0.25, -0.2) is 0 Å². The van der Waals surface area contributed by atoms with E-state index in [9.17, 15) is 9.59 Å². The van der Waals surface area contributed by atoms with E-state index in [0.717, 1.165) is 4.88 Å². The summed E-state index contributed by atoms with van der Waals surface area (Å²) < 4.78 is 0. The van der Waals surface area contributed by atoms with Crippen molar-refractivity contribution in [2.45, 2.75) is 25.4 Å². The van der Waals surface area contributed by atoms with Crippen molar-refractivity contribution in [2.24, 2.45) is 0 Å². The number of thiophene rings is 1. The molecular formula is C10H13NO4S. The van der Waals surface area contributed by atoms with Crippen LogP contribution in [0.5, 0.6) is 0 Å². The van der Waals surface area contributed by atoms with Gasteiger partial charge in [-0.05, 0) is 18.4 Å². The smallest absolute Gasteiger partial charge is 0.321 e. The van der Waals surface area contributed by atoms with E-state index in [0.29, 0.717) is 6.42 Å². The lowest BCUT2D eigenvalue weighted by Gasteiger charge is -2.16. The van der Waals surface area contributed by atoms with Gasteiger partial charge in [0.1, 0.15) is 12.1 Å². The van der Waals surface area contributed by atoms with Crippen LogP contribution >= 0.6 is 11.3 Å². The van der Waals surface area contributed by atoms with Crippen molar-refractivity contribution < 1.29 is 19.8 Å². The predicted molar refractivity (Wildman–Crippen MR) is 59.7 cm³/mol. The van der Waals surface area contributed by atoms with E-state index in [1.807, 2.05) is 17.5 Å². The highest BCUT2D eigenvalue weighted by atomic mass is 32.1. The fourth-order valence-electron chi connectivity index (χ4n) is 1.22. The molecule has 5 nitrogen and oxygen atoms in total. The summed E-state index contributed by atoms with van der Waals surface area (Å²) in [4.78, 5) is 22.5. The molecule has 0 saturated heterocycles. The average molecular weight is 243 g/mol. The minimum atomic E-state index is -1.06. The van der Waals surface area contributed by atoms with Crippen LogP contribution in [0.25, 0.3) is 0 Å². The number of nitrogens with one attached hydrogen (secondary N) is 1. The van der Waals surface area contributed by atoms with Gasteiger partial charge >= 0.3 is 11.9 Å². The van der Waals surface area contributed by atoms with E-state index in [1.165, 1.54) is 18.3 Å². The quantitative estimate of drug-likeness (QED) is 0.688. The summed E-state index contributed by atoms with van der Waals surface area (Å²) >= 11 is 1.45. The number of carboxylic acid groups (broad SMARTS) is 2. The van der Waals surface area contributed by atoms with Crippen LogP contribution in [0, 0.1) is 0 Å². The Balaban J connectivity index is 2.61. The van der Waals surface area contributed by atoms with E-state index in [4.69, 9.17) is 10.2 Å². The van der Waals surface area contributed by atoms with Crippen LogP contribution in [0.15, 0.2) is 17.5 Å². The Morgan fingerprint density at radius 3 is 2.56 bits per heavy atom. The Hall–Kier alpha value is -1.40. The summed E-state index contributed by atoms with van der Waals surface area (Å²) in [6, 6.07) is 1.92. The molecular weight excluding hydrogens is 230 g/mol. The van der Waals surface area contributed by atoms with Gasteiger partial charge in [0, 0.05) is 11.3 Å². The van der Waals surface area contributed by atoms with E-state index in [1.54, 1.807) is 0 Å². The molecule has 0 saturated carbocycles. The number of aliphatic carboxylic acids is 2. The predicted octanol–water partition coefficient (Wildman–Crippen LogP) is 0.806. The van der Waals surface area contributed by atoms with Gasteiger partial charge in [0.15, 0.2) is 0 Å². The Labute approximate surface area is 96.7 Å². The molecule has 0 spiro atoms. The lowest BCUT2D eigenvalue weighted by Crippen LogP contribution is -2.46.